The van der Waals surface area contributed by atoms with Crippen molar-refractivity contribution in [3.63, 3.8) is 0 Å². The molecule has 3 aromatic rings. The van der Waals surface area contributed by atoms with E-state index in [0.29, 0.717) is 17.8 Å². The molecular weight excluding hydrogens is 412 g/mol. The Labute approximate surface area is 195 Å². The zero-order valence-electron chi connectivity index (χ0n) is 19.7. The fraction of sp³-hybridized carbons (Fsp3) is 0.296. The van der Waals surface area contributed by atoms with Gasteiger partial charge in [0.1, 0.15) is 0 Å². The third kappa shape index (κ3) is 6.26. The van der Waals surface area contributed by atoms with Crippen LogP contribution in [0.5, 0.6) is 0 Å². The molecule has 0 aliphatic rings. The summed E-state index contributed by atoms with van der Waals surface area (Å²) in [6, 6.07) is 18.2. The van der Waals surface area contributed by atoms with Gasteiger partial charge in [0, 0.05) is 48.3 Å². The zero-order valence-corrected chi connectivity index (χ0v) is 19.7. The summed E-state index contributed by atoms with van der Waals surface area (Å²) in [5.41, 5.74) is 10.5. The van der Waals surface area contributed by atoms with E-state index in [-0.39, 0.29) is 23.7 Å². The largest absolute Gasteiger partial charge is 0.324 e. The molecule has 2 amide bonds. The van der Waals surface area contributed by atoms with Crippen LogP contribution in [-0.2, 0) is 10.2 Å². The van der Waals surface area contributed by atoms with Crippen LogP contribution < -0.4 is 16.0 Å². The molecule has 6 nitrogen and oxygen atoms in total. The average molecular weight is 445 g/mol. The van der Waals surface area contributed by atoms with Crippen molar-refractivity contribution >= 4 is 23.2 Å². The lowest BCUT2D eigenvalue weighted by Crippen LogP contribution is -2.33. The first-order valence-corrected chi connectivity index (χ1v) is 11.2. The van der Waals surface area contributed by atoms with Crippen molar-refractivity contribution in [2.24, 2.45) is 5.73 Å². The molecule has 1 heterocycles. The van der Waals surface area contributed by atoms with E-state index in [1.54, 1.807) is 53.7 Å². The fourth-order valence-electron chi connectivity index (χ4n) is 3.58. The fourth-order valence-corrected chi connectivity index (χ4v) is 3.58. The van der Waals surface area contributed by atoms with Crippen molar-refractivity contribution in [2.45, 2.75) is 45.6 Å². The first-order valence-electron chi connectivity index (χ1n) is 11.2. The van der Waals surface area contributed by atoms with Gasteiger partial charge in [0.25, 0.3) is 5.91 Å². The quantitative estimate of drug-likeness (QED) is 0.532. The molecule has 0 bridgehead atoms. The first-order chi connectivity index (χ1) is 15.7. The van der Waals surface area contributed by atoms with Gasteiger partial charge in [-0.15, -0.1) is 0 Å². The maximum absolute atomic E-state index is 13.0. The Morgan fingerprint density at radius 2 is 1.58 bits per heavy atom. The number of benzene rings is 2. The molecule has 0 aliphatic heterocycles. The van der Waals surface area contributed by atoms with E-state index in [9.17, 15) is 9.59 Å². The predicted molar refractivity (Wildman–Crippen MR) is 133 cm³/mol. The van der Waals surface area contributed by atoms with Crippen molar-refractivity contribution in [1.29, 1.82) is 0 Å². The number of nitrogens with zero attached hydrogens (tertiary/aromatic N) is 2. The molecule has 1 unspecified atom stereocenters. The highest BCUT2D eigenvalue weighted by atomic mass is 16.2. The summed E-state index contributed by atoms with van der Waals surface area (Å²) in [5, 5.41) is 2.82. The van der Waals surface area contributed by atoms with E-state index >= 15 is 0 Å². The van der Waals surface area contributed by atoms with Crippen LogP contribution in [0.4, 0.5) is 11.4 Å². The third-order valence-electron chi connectivity index (χ3n) is 5.60. The van der Waals surface area contributed by atoms with Crippen LogP contribution in [0.15, 0.2) is 73.1 Å². The van der Waals surface area contributed by atoms with Crippen LogP contribution in [0.2, 0.25) is 0 Å². The van der Waals surface area contributed by atoms with Crippen molar-refractivity contribution in [1.82, 2.24) is 4.98 Å². The van der Waals surface area contributed by atoms with Gasteiger partial charge in [0.05, 0.1) is 0 Å². The molecule has 0 aliphatic carbocycles. The lowest BCUT2D eigenvalue weighted by atomic mass is 9.87. The number of carbonyl (C=O) groups excluding carboxylic acids is 2. The molecule has 33 heavy (non-hydrogen) atoms. The van der Waals surface area contributed by atoms with Crippen molar-refractivity contribution in [2.75, 3.05) is 16.8 Å². The van der Waals surface area contributed by atoms with E-state index in [4.69, 9.17) is 5.73 Å². The lowest BCUT2D eigenvalue weighted by molar-refractivity contribution is -0.118. The Kier molecular flexibility index (Phi) is 7.61. The maximum atomic E-state index is 13.0. The molecule has 0 fully saturated rings. The van der Waals surface area contributed by atoms with Gasteiger partial charge in [0.2, 0.25) is 5.91 Å². The molecule has 3 rings (SSSR count). The molecule has 3 N–H and O–H groups in total. The summed E-state index contributed by atoms with van der Waals surface area (Å²) in [6.07, 6.45) is 3.41. The lowest BCUT2D eigenvalue weighted by Gasteiger charge is -2.25. The summed E-state index contributed by atoms with van der Waals surface area (Å²) in [4.78, 5) is 31.1. The molecule has 0 radical (unpaired) electrons. The minimum atomic E-state index is -0.460. The van der Waals surface area contributed by atoms with Gasteiger partial charge in [-0.05, 0) is 59.9 Å². The first kappa shape index (κ1) is 24.1. The number of hydrogen-bond acceptors (Lipinski definition) is 4. The Balaban J connectivity index is 1.64. The van der Waals surface area contributed by atoms with E-state index < -0.39 is 6.04 Å². The van der Waals surface area contributed by atoms with Crippen LogP contribution in [0.3, 0.4) is 0 Å². The SMILES string of the molecule is CCN(C(=O)CC(N)c1ccc(C(=O)Nc2ccncc2)cc1)c1ccc(C(C)(C)C)cc1. The zero-order chi connectivity index (χ0) is 24.0. The van der Waals surface area contributed by atoms with Gasteiger partial charge in [-0.2, -0.15) is 0 Å². The number of aromatic nitrogens is 1. The van der Waals surface area contributed by atoms with Crippen LogP contribution in [-0.4, -0.2) is 23.3 Å². The molecule has 172 valence electrons. The molecule has 0 saturated heterocycles. The maximum Gasteiger partial charge on any atom is 0.255 e. The number of nitrogens with one attached hydrogen (secondary N) is 1. The smallest absolute Gasteiger partial charge is 0.255 e. The van der Waals surface area contributed by atoms with Crippen LogP contribution in [0.25, 0.3) is 0 Å². The monoisotopic (exact) mass is 444 g/mol. The second kappa shape index (κ2) is 10.4. The molecule has 2 aromatic carbocycles. The second-order valence-electron chi connectivity index (χ2n) is 9.06. The number of hydrogen-bond donors (Lipinski definition) is 2. The highest BCUT2D eigenvalue weighted by molar-refractivity contribution is 6.04. The summed E-state index contributed by atoms with van der Waals surface area (Å²) < 4.78 is 0. The number of carbonyl (C=O) groups is 2. The van der Waals surface area contributed by atoms with Crippen molar-refractivity contribution in [3.05, 3.63) is 89.7 Å². The minimum absolute atomic E-state index is 0.0342. The second-order valence-corrected chi connectivity index (χ2v) is 9.06. The van der Waals surface area contributed by atoms with E-state index in [1.165, 1.54) is 5.56 Å². The highest BCUT2D eigenvalue weighted by Crippen LogP contribution is 2.26. The molecule has 6 heteroatoms. The Morgan fingerprint density at radius 3 is 2.12 bits per heavy atom. The summed E-state index contributed by atoms with van der Waals surface area (Å²) in [7, 11) is 0. The molecule has 1 aromatic heterocycles. The van der Waals surface area contributed by atoms with Crippen LogP contribution in [0, 0.1) is 0 Å². The summed E-state index contributed by atoms with van der Waals surface area (Å²) in [5.74, 6) is -0.249. The van der Waals surface area contributed by atoms with E-state index in [0.717, 1.165) is 11.3 Å². The molecular formula is C27H32N4O2. The van der Waals surface area contributed by atoms with Gasteiger partial charge in [-0.25, -0.2) is 0 Å². The molecule has 0 saturated carbocycles. The number of amides is 2. The number of rotatable bonds is 7. The predicted octanol–water partition coefficient (Wildman–Crippen LogP) is 5.07. The van der Waals surface area contributed by atoms with Gasteiger partial charge >= 0.3 is 0 Å². The van der Waals surface area contributed by atoms with Gasteiger partial charge in [0.15, 0.2) is 0 Å². The van der Waals surface area contributed by atoms with Crippen LogP contribution in [0.1, 0.15) is 61.6 Å². The normalized spacial score (nSPS) is 12.2. The average Bonchev–Trinajstić information content (AvgIpc) is 2.80. The Hall–Kier alpha value is -3.51. The number of anilines is 2. The Morgan fingerprint density at radius 1 is 0.970 bits per heavy atom. The molecule has 0 spiro atoms. The highest BCUT2D eigenvalue weighted by Gasteiger charge is 2.20. The van der Waals surface area contributed by atoms with E-state index in [2.05, 4.69) is 43.2 Å². The summed E-state index contributed by atoms with van der Waals surface area (Å²) in [6.45, 7) is 9.01. The van der Waals surface area contributed by atoms with Gasteiger partial charge in [-0.3, -0.25) is 14.6 Å². The third-order valence-corrected chi connectivity index (χ3v) is 5.60. The van der Waals surface area contributed by atoms with Gasteiger partial charge < -0.3 is 16.0 Å². The van der Waals surface area contributed by atoms with Crippen molar-refractivity contribution < 1.29 is 9.59 Å². The topological polar surface area (TPSA) is 88.3 Å². The van der Waals surface area contributed by atoms with Crippen molar-refractivity contribution in [3.8, 4) is 0 Å². The molecule has 1 atom stereocenters. The standard InChI is InChI=1S/C27H32N4O2/c1-5-31(23-12-10-21(11-13-23)27(2,3)4)25(32)18-24(28)19-6-8-20(9-7-19)26(33)30-22-14-16-29-17-15-22/h6-17,24H,5,18,28H2,1-4H3,(H,29,30,33). The van der Waals surface area contributed by atoms with E-state index in [1.807, 2.05) is 19.1 Å². The van der Waals surface area contributed by atoms with Gasteiger partial charge in [-0.1, -0.05) is 45.0 Å². The Bertz CT molecular complexity index is 1070. The summed E-state index contributed by atoms with van der Waals surface area (Å²) >= 11 is 0. The van der Waals surface area contributed by atoms with Crippen LogP contribution >= 0.6 is 0 Å². The minimum Gasteiger partial charge on any atom is -0.324 e. The number of pyridine rings is 1. The number of nitrogens with two attached hydrogens (primary N) is 1.